The Kier molecular flexibility index (Phi) is 9.68. The number of rotatable bonds is 7. The highest BCUT2D eigenvalue weighted by Gasteiger charge is 2.45. The molecule has 4 rings (SSSR count). The lowest BCUT2D eigenvalue weighted by atomic mass is 9.70. The predicted molar refractivity (Wildman–Crippen MR) is 155 cm³/mol. The smallest absolute Gasteiger partial charge is 0.309 e. The number of nitriles is 1. The number of hydrogen-bond acceptors (Lipinski definition) is 7. The van der Waals surface area contributed by atoms with Crippen molar-refractivity contribution < 1.29 is 32.6 Å². The topological polar surface area (TPSA) is 130 Å². The number of ether oxygens (including phenoxy) is 2. The van der Waals surface area contributed by atoms with Crippen LogP contribution in [0, 0.1) is 40.2 Å². The Balaban J connectivity index is 1.37. The van der Waals surface area contributed by atoms with Crippen LogP contribution in [0.15, 0.2) is 30.5 Å². The van der Waals surface area contributed by atoms with Crippen LogP contribution in [0.1, 0.15) is 72.1 Å². The molecule has 0 spiro atoms. The number of anilines is 1. The fourth-order valence-electron chi connectivity index (χ4n) is 5.83. The summed E-state index contributed by atoms with van der Waals surface area (Å²) in [6, 6.07) is 7.00. The standard InChI is InChI=1S/C32H38F2N4O5/c1-31(2,3)43-29(40)19-10-12-32(18-35,13-11-19)30(41)37-22-7-5-6-20(14-22)28(39)38-27-16-24(25(34)17-36-27)23-9-8-21(33)15-26(23)42-4/h8-9,15-17,19-20,22H,5-7,10-14H2,1-4H3,(H,37,41)(H,36,38,39)/t19?,20-,22+,32?/m0/s1. The summed E-state index contributed by atoms with van der Waals surface area (Å²) < 4.78 is 39.0. The molecule has 2 atom stereocenters. The Morgan fingerprint density at radius 1 is 1.05 bits per heavy atom. The van der Waals surface area contributed by atoms with Crippen LogP contribution in [0.2, 0.25) is 0 Å². The van der Waals surface area contributed by atoms with Gasteiger partial charge in [-0.25, -0.2) is 13.8 Å². The van der Waals surface area contributed by atoms with Gasteiger partial charge in [-0.05, 0) is 83.9 Å². The summed E-state index contributed by atoms with van der Waals surface area (Å²) in [4.78, 5) is 43.0. The molecule has 0 unspecified atom stereocenters. The maximum Gasteiger partial charge on any atom is 0.309 e. The van der Waals surface area contributed by atoms with Crippen molar-refractivity contribution in [2.75, 3.05) is 12.4 Å². The Morgan fingerprint density at radius 3 is 2.42 bits per heavy atom. The van der Waals surface area contributed by atoms with Crippen LogP contribution in [0.25, 0.3) is 11.1 Å². The predicted octanol–water partition coefficient (Wildman–Crippen LogP) is 5.69. The van der Waals surface area contributed by atoms with Crippen molar-refractivity contribution in [2.45, 2.75) is 83.8 Å². The summed E-state index contributed by atoms with van der Waals surface area (Å²) in [5.74, 6) is -2.70. The quantitative estimate of drug-likeness (QED) is 0.393. The molecule has 1 aromatic carbocycles. The van der Waals surface area contributed by atoms with Crippen molar-refractivity contribution in [1.82, 2.24) is 10.3 Å². The number of halogens is 2. The Hall–Kier alpha value is -4.07. The molecule has 11 heteroatoms. The average Bonchev–Trinajstić information content (AvgIpc) is 2.97. The number of pyridine rings is 1. The SMILES string of the molecule is COc1cc(F)ccc1-c1cc(NC(=O)[C@H]2CCC[C@@H](NC(=O)C3(C#N)CCC(C(=O)OC(C)(C)C)CC3)C2)ncc1F. The lowest BCUT2D eigenvalue weighted by Gasteiger charge is -2.36. The minimum Gasteiger partial charge on any atom is -0.496 e. The zero-order valence-electron chi connectivity index (χ0n) is 25.0. The molecule has 1 heterocycles. The van der Waals surface area contributed by atoms with E-state index in [4.69, 9.17) is 9.47 Å². The molecule has 0 saturated heterocycles. The number of carbonyl (C=O) groups is 3. The number of benzene rings is 1. The highest BCUT2D eigenvalue weighted by Crippen LogP contribution is 2.40. The number of methoxy groups -OCH3 is 1. The number of hydrogen-bond donors (Lipinski definition) is 2. The van der Waals surface area contributed by atoms with Gasteiger partial charge in [0.05, 0.1) is 25.3 Å². The molecule has 0 aliphatic heterocycles. The normalized spacial score (nSPS) is 23.9. The number of aromatic nitrogens is 1. The third-order valence-electron chi connectivity index (χ3n) is 8.17. The van der Waals surface area contributed by atoms with Crippen molar-refractivity contribution in [3.63, 3.8) is 0 Å². The fraction of sp³-hybridized carbons (Fsp3) is 0.531. The third kappa shape index (κ3) is 7.66. The molecular formula is C32H38F2N4O5. The summed E-state index contributed by atoms with van der Waals surface area (Å²) in [5, 5.41) is 15.7. The molecule has 2 saturated carbocycles. The van der Waals surface area contributed by atoms with Crippen molar-refractivity contribution in [3.8, 4) is 22.9 Å². The molecule has 9 nitrogen and oxygen atoms in total. The molecule has 2 N–H and O–H groups in total. The van der Waals surface area contributed by atoms with Crippen molar-refractivity contribution in [1.29, 1.82) is 5.26 Å². The summed E-state index contributed by atoms with van der Waals surface area (Å²) >= 11 is 0. The van der Waals surface area contributed by atoms with E-state index in [1.807, 2.05) is 0 Å². The lowest BCUT2D eigenvalue weighted by molar-refractivity contribution is -0.162. The Bertz CT molecular complexity index is 1410. The second kappa shape index (κ2) is 13.1. The van der Waals surface area contributed by atoms with Gasteiger partial charge in [0.1, 0.15) is 34.2 Å². The first-order valence-electron chi connectivity index (χ1n) is 14.6. The molecule has 43 heavy (non-hydrogen) atoms. The minimum atomic E-state index is -1.23. The number of nitrogens with one attached hydrogen (secondary N) is 2. The maximum absolute atomic E-state index is 14.7. The number of esters is 1. The van der Waals surface area contributed by atoms with E-state index in [0.717, 1.165) is 12.3 Å². The molecular weight excluding hydrogens is 558 g/mol. The van der Waals surface area contributed by atoms with Crippen LogP contribution in [0.4, 0.5) is 14.6 Å². The van der Waals surface area contributed by atoms with E-state index in [0.29, 0.717) is 44.1 Å². The first-order valence-corrected chi connectivity index (χ1v) is 14.6. The van der Waals surface area contributed by atoms with Gasteiger partial charge in [-0.2, -0.15) is 5.26 Å². The Labute approximate surface area is 250 Å². The van der Waals surface area contributed by atoms with Gasteiger partial charge in [-0.1, -0.05) is 6.42 Å². The highest BCUT2D eigenvalue weighted by atomic mass is 19.1. The maximum atomic E-state index is 14.7. The summed E-state index contributed by atoms with van der Waals surface area (Å²) in [7, 11) is 1.35. The first-order chi connectivity index (χ1) is 20.3. The van der Waals surface area contributed by atoms with E-state index in [2.05, 4.69) is 21.7 Å². The second-order valence-electron chi connectivity index (χ2n) is 12.4. The van der Waals surface area contributed by atoms with Crippen LogP contribution >= 0.6 is 0 Å². The molecule has 2 aliphatic rings. The van der Waals surface area contributed by atoms with Crippen LogP contribution < -0.4 is 15.4 Å². The zero-order valence-corrected chi connectivity index (χ0v) is 25.0. The van der Waals surface area contributed by atoms with Gasteiger partial charge in [0.25, 0.3) is 0 Å². The van der Waals surface area contributed by atoms with Crippen LogP contribution in [-0.2, 0) is 19.1 Å². The van der Waals surface area contributed by atoms with Gasteiger partial charge in [-0.3, -0.25) is 14.4 Å². The van der Waals surface area contributed by atoms with Crippen molar-refractivity contribution >= 4 is 23.6 Å². The third-order valence-corrected chi connectivity index (χ3v) is 8.17. The van der Waals surface area contributed by atoms with Gasteiger partial charge < -0.3 is 20.1 Å². The summed E-state index contributed by atoms with van der Waals surface area (Å²) in [6.45, 7) is 5.41. The highest BCUT2D eigenvalue weighted by molar-refractivity contribution is 5.92. The van der Waals surface area contributed by atoms with Gasteiger partial charge in [0, 0.05) is 29.2 Å². The molecule has 1 aromatic heterocycles. The summed E-state index contributed by atoms with van der Waals surface area (Å²) in [6.07, 6.45) is 4.61. The van der Waals surface area contributed by atoms with E-state index in [-0.39, 0.29) is 59.7 Å². The van der Waals surface area contributed by atoms with E-state index < -0.39 is 28.6 Å². The molecule has 230 valence electrons. The van der Waals surface area contributed by atoms with Crippen molar-refractivity contribution in [3.05, 3.63) is 42.1 Å². The molecule has 0 bridgehead atoms. The lowest BCUT2D eigenvalue weighted by Crippen LogP contribution is -2.49. The van der Waals surface area contributed by atoms with Gasteiger partial charge in [0.2, 0.25) is 11.8 Å². The van der Waals surface area contributed by atoms with E-state index >= 15 is 0 Å². The molecule has 2 aliphatic carbocycles. The first kappa shape index (κ1) is 31.9. The van der Waals surface area contributed by atoms with E-state index in [1.165, 1.54) is 25.3 Å². The van der Waals surface area contributed by atoms with Crippen LogP contribution in [-0.4, -0.2) is 41.5 Å². The Morgan fingerprint density at radius 2 is 1.77 bits per heavy atom. The number of amides is 2. The average molecular weight is 597 g/mol. The van der Waals surface area contributed by atoms with Gasteiger partial charge >= 0.3 is 5.97 Å². The largest absolute Gasteiger partial charge is 0.496 e. The molecule has 0 radical (unpaired) electrons. The van der Waals surface area contributed by atoms with Gasteiger partial charge in [0.15, 0.2) is 0 Å². The minimum absolute atomic E-state index is 0.0964. The van der Waals surface area contributed by atoms with E-state index in [9.17, 15) is 28.4 Å². The number of nitrogens with zero attached hydrogens (tertiary/aromatic N) is 2. The fourth-order valence-corrected chi connectivity index (χ4v) is 5.83. The summed E-state index contributed by atoms with van der Waals surface area (Å²) in [5.41, 5.74) is -1.43. The van der Waals surface area contributed by atoms with Crippen LogP contribution in [0.3, 0.4) is 0 Å². The van der Waals surface area contributed by atoms with Gasteiger partial charge in [-0.15, -0.1) is 0 Å². The van der Waals surface area contributed by atoms with Crippen LogP contribution in [0.5, 0.6) is 5.75 Å². The van der Waals surface area contributed by atoms with Crippen molar-refractivity contribution in [2.24, 2.45) is 17.3 Å². The molecule has 2 fully saturated rings. The zero-order chi connectivity index (χ0) is 31.4. The van der Waals surface area contributed by atoms with E-state index in [1.54, 1.807) is 20.8 Å². The molecule has 2 aromatic rings. The number of carbonyl (C=O) groups excluding carboxylic acids is 3. The second-order valence-corrected chi connectivity index (χ2v) is 12.4. The molecule has 2 amide bonds. The monoisotopic (exact) mass is 596 g/mol.